The molecule has 136 valence electrons. The van der Waals surface area contributed by atoms with E-state index in [9.17, 15) is 9.90 Å². The van der Waals surface area contributed by atoms with Crippen molar-refractivity contribution >= 4 is 17.2 Å². The molecule has 24 heavy (non-hydrogen) atoms. The highest BCUT2D eigenvalue weighted by Gasteiger charge is 2.18. The van der Waals surface area contributed by atoms with Crippen molar-refractivity contribution in [3.8, 4) is 5.19 Å². The Hall–Kier alpha value is -1.18. The zero-order chi connectivity index (χ0) is 17.4. The zero-order valence-electron chi connectivity index (χ0n) is 14.6. The third kappa shape index (κ3) is 6.75. The Morgan fingerprint density at radius 1 is 1.38 bits per heavy atom. The number of rotatable bonds is 8. The average Bonchev–Trinajstić information content (AvgIpc) is 2.88. The van der Waals surface area contributed by atoms with Crippen LogP contribution in [0.5, 0.6) is 5.19 Å². The number of carbonyl (C=O) groups excluding carboxylic acids is 1. The molecule has 0 radical (unpaired) electrons. The van der Waals surface area contributed by atoms with Gasteiger partial charge < -0.3 is 20.5 Å². The SMILES string of the molecule is CC(C)NCC(O)COc1ncc(C(=O)NC2CCCCCC2)s1. The lowest BCUT2D eigenvalue weighted by Crippen LogP contribution is -2.35. The molecule has 1 heterocycles. The molecule has 1 unspecified atom stereocenters. The summed E-state index contributed by atoms with van der Waals surface area (Å²) < 4.78 is 5.48. The molecule has 0 aromatic carbocycles. The van der Waals surface area contributed by atoms with Crippen molar-refractivity contribution in [3.05, 3.63) is 11.1 Å². The summed E-state index contributed by atoms with van der Waals surface area (Å²) >= 11 is 1.22. The lowest BCUT2D eigenvalue weighted by molar-refractivity contribution is 0.0937. The van der Waals surface area contributed by atoms with Gasteiger partial charge in [0.15, 0.2) is 0 Å². The van der Waals surface area contributed by atoms with Crippen LogP contribution < -0.4 is 15.4 Å². The van der Waals surface area contributed by atoms with Crippen molar-refractivity contribution in [2.45, 2.75) is 70.6 Å². The van der Waals surface area contributed by atoms with E-state index in [1.807, 2.05) is 13.8 Å². The topological polar surface area (TPSA) is 83.5 Å². The van der Waals surface area contributed by atoms with E-state index < -0.39 is 6.10 Å². The first-order chi connectivity index (χ1) is 11.5. The van der Waals surface area contributed by atoms with Crippen LogP contribution in [-0.2, 0) is 0 Å². The Morgan fingerprint density at radius 3 is 2.75 bits per heavy atom. The van der Waals surface area contributed by atoms with Crippen molar-refractivity contribution in [2.24, 2.45) is 0 Å². The predicted molar refractivity (Wildman–Crippen MR) is 95.7 cm³/mol. The third-order valence-corrected chi connectivity index (χ3v) is 4.97. The van der Waals surface area contributed by atoms with E-state index in [0.29, 0.717) is 22.7 Å². The Morgan fingerprint density at radius 2 is 2.08 bits per heavy atom. The first-order valence-corrected chi connectivity index (χ1v) is 9.67. The number of nitrogens with zero attached hydrogens (tertiary/aromatic N) is 1. The van der Waals surface area contributed by atoms with Gasteiger partial charge in [0.05, 0.1) is 6.20 Å². The van der Waals surface area contributed by atoms with E-state index in [-0.39, 0.29) is 18.6 Å². The third-order valence-electron chi connectivity index (χ3n) is 4.06. The second-order valence-corrected chi connectivity index (χ2v) is 7.67. The molecule has 7 heteroatoms. The van der Waals surface area contributed by atoms with Crippen molar-refractivity contribution < 1.29 is 14.6 Å². The van der Waals surface area contributed by atoms with Crippen LogP contribution in [0.4, 0.5) is 0 Å². The molecule has 1 aromatic rings. The van der Waals surface area contributed by atoms with Crippen molar-refractivity contribution in [1.29, 1.82) is 0 Å². The minimum Gasteiger partial charge on any atom is -0.467 e. The number of hydrogen-bond acceptors (Lipinski definition) is 6. The molecule has 1 fully saturated rings. The van der Waals surface area contributed by atoms with Crippen molar-refractivity contribution in [1.82, 2.24) is 15.6 Å². The van der Waals surface area contributed by atoms with Gasteiger partial charge in [0.1, 0.15) is 17.6 Å². The minimum atomic E-state index is -0.598. The molecule has 6 nitrogen and oxygen atoms in total. The minimum absolute atomic E-state index is 0.0729. The lowest BCUT2D eigenvalue weighted by Gasteiger charge is -2.15. The smallest absolute Gasteiger partial charge is 0.273 e. The predicted octanol–water partition coefficient (Wildman–Crippen LogP) is 2.33. The van der Waals surface area contributed by atoms with Gasteiger partial charge in [-0.05, 0) is 12.8 Å². The van der Waals surface area contributed by atoms with Gasteiger partial charge in [0.2, 0.25) is 0 Å². The zero-order valence-corrected chi connectivity index (χ0v) is 15.4. The highest BCUT2D eigenvalue weighted by atomic mass is 32.1. The number of nitrogens with one attached hydrogen (secondary N) is 2. The molecular formula is C17H29N3O3S. The summed E-state index contributed by atoms with van der Waals surface area (Å²) in [6.07, 6.45) is 7.96. The fourth-order valence-electron chi connectivity index (χ4n) is 2.71. The molecule has 2 rings (SSSR count). The van der Waals surface area contributed by atoms with Crippen LogP contribution in [0, 0.1) is 0 Å². The highest BCUT2D eigenvalue weighted by Crippen LogP contribution is 2.22. The second-order valence-electron chi connectivity index (χ2n) is 6.68. The average molecular weight is 356 g/mol. The Bertz CT molecular complexity index is 499. The summed E-state index contributed by atoms with van der Waals surface area (Å²) in [5.74, 6) is -0.0729. The van der Waals surface area contributed by atoms with E-state index in [2.05, 4.69) is 15.6 Å². The number of amides is 1. The van der Waals surface area contributed by atoms with E-state index >= 15 is 0 Å². The standard InChI is InChI=1S/C17H29N3O3S/c1-12(2)18-9-14(21)11-23-17-19-10-15(24-17)16(22)20-13-7-5-3-4-6-8-13/h10,12-14,18,21H,3-9,11H2,1-2H3,(H,20,22). The lowest BCUT2D eigenvalue weighted by atomic mass is 10.1. The van der Waals surface area contributed by atoms with Gasteiger partial charge in [-0.3, -0.25) is 4.79 Å². The van der Waals surface area contributed by atoms with Crippen LogP contribution in [-0.4, -0.2) is 47.3 Å². The molecule has 1 amide bonds. The van der Waals surface area contributed by atoms with Gasteiger partial charge in [-0.25, -0.2) is 4.98 Å². The Balaban J connectivity index is 1.76. The normalized spacial score (nSPS) is 17.5. The molecule has 0 aliphatic heterocycles. The molecule has 1 saturated carbocycles. The van der Waals surface area contributed by atoms with E-state index in [0.717, 1.165) is 12.8 Å². The van der Waals surface area contributed by atoms with Gasteiger partial charge in [-0.2, -0.15) is 0 Å². The number of hydrogen-bond donors (Lipinski definition) is 3. The van der Waals surface area contributed by atoms with Gasteiger partial charge in [-0.1, -0.05) is 50.9 Å². The largest absolute Gasteiger partial charge is 0.467 e. The van der Waals surface area contributed by atoms with Crippen LogP contribution in [0.1, 0.15) is 62.0 Å². The summed E-state index contributed by atoms with van der Waals surface area (Å²) in [4.78, 5) is 17.0. The Labute approximate surface area is 148 Å². The number of thiazole rings is 1. The fraction of sp³-hybridized carbons (Fsp3) is 0.765. The summed E-state index contributed by atoms with van der Waals surface area (Å²) in [5.41, 5.74) is 0. The molecule has 1 aliphatic rings. The van der Waals surface area contributed by atoms with Gasteiger partial charge in [-0.15, -0.1) is 0 Å². The summed E-state index contributed by atoms with van der Waals surface area (Å²) in [5, 5.41) is 16.5. The first-order valence-electron chi connectivity index (χ1n) is 8.85. The molecule has 1 atom stereocenters. The maximum absolute atomic E-state index is 12.3. The molecule has 0 bridgehead atoms. The first kappa shape index (κ1) is 19.1. The van der Waals surface area contributed by atoms with Crippen LogP contribution >= 0.6 is 11.3 Å². The van der Waals surface area contributed by atoms with Crippen LogP contribution in [0.15, 0.2) is 6.20 Å². The molecular weight excluding hydrogens is 326 g/mol. The van der Waals surface area contributed by atoms with Crippen LogP contribution in [0.3, 0.4) is 0 Å². The maximum Gasteiger partial charge on any atom is 0.273 e. The quantitative estimate of drug-likeness (QED) is 0.624. The fourth-order valence-corrected chi connectivity index (χ4v) is 3.39. The van der Waals surface area contributed by atoms with Gasteiger partial charge >= 0.3 is 0 Å². The van der Waals surface area contributed by atoms with E-state index in [1.54, 1.807) is 6.20 Å². The summed E-state index contributed by atoms with van der Waals surface area (Å²) in [6, 6.07) is 0.592. The number of carbonyl (C=O) groups is 1. The Kier molecular flexibility index (Phi) is 7.94. The van der Waals surface area contributed by atoms with Crippen molar-refractivity contribution in [3.63, 3.8) is 0 Å². The summed E-state index contributed by atoms with van der Waals surface area (Å²) in [7, 11) is 0. The van der Waals surface area contributed by atoms with Crippen molar-refractivity contribution in [2.75, 3.05) is 13.2 Å². The van der Waals surface area contributed by atoms with E-state index in [4.69, 9.17) is 4.74 Å². The maximum atomic E-state index is 12.3. The number of aliphatic hydroxyl groups excluding tert-OH is 1. The number of aromatic nitrogens is 1. The second kappa shape index (κ2) is 9.96. The molecule has 1 aliphatic carbocycles. The van der Waals surface area contributed by atoms with E-state index in [1.165, 1.54) is 37.0 Å². The molecule has 0 saturated heterocycles. The molecule has 0 spiro atoms. The molecule has 3 N–H and O–H groups in total. The van der Waals surface area contributed by atoms with Crippen LogP contribution in [0.2, 0.25) is 0 Å². The highest BCUT2D eigenvalue weighted by molar-refractivity contribution is 7.15. The van der Waals surface area contributed by atoms with Gasteiger partial charge in [0, 0.05) is 18.6 Å². The summed E-state index contributed by atoms with van der Waals surface area (Å²) in [6.45, 7) is 4.68. The van der Waals surface area contributed by atoms with Crippen LogP contribution in [0.25, 0.3) is 0 Å². The monoisotopic (exact) mass is 355 g/mol. The number of ether oxygens (including phenoxy) is 1. The number of aliphatic hydroxyl groups is 1. The van der Waals surface area contributed by atoms with Gasteiger partial charge in [0.25, 0.3) is 11.1 Å². The molecule has 1 aromatic heterocycles.